The van der Waals surface area contributed by atoms with Crippen LogP contribution in [-0.4, -0.2) is 21.2 Å². The first-order chi connectivity index (χ1) is 6.75. The quantitative estimate of drug-likeness (QED) is 0.785. The molecule has 0 aliphatic carbocycles. The summed E-state index contributed by atoms with van der Waals surface area (Å²) in [5.41, 5.74) is 0.805. The summed E-state index contributed by atoms with van der Waals surface area (Å²) in [6, 6.07) is 1.86. The first kappa shape index (κ1) is 8.89. The maximum absolute atomic E-state index is 10.2. The van der Waals surface area contributed by atoms with Crippen molar-refractivity contribution in [3.63, 3.8) is 0 Å². The van der Waals surface area contributed by atoms with E-state index in [0.717, 1.165) is 15.2 Å². The molecule has 0 aliphatic heterocycles. The molecule has 2 heterocycles. The fraction of sp³-hybridized carbons (Fsp3) is 0.125. The average Bonchev–Trinajstić information content (AvgIpc) is 2.57. The molecule has 0 bridgehead atoms. The predicted octanol–water partition coefficient (Wildman–Crippen LogP) is 1.46. The van der Waals surface area contributed by atoms with Gasteiger partial charge >= 0.3 is 6.09 Å². The summed E-state index contributed by atoms with van der Waals surface area (Å²) in [4.78, 5) is 18.4. The Kier molecular flexibility index (Phi) is 2.28. The number of nitrogens with one attached hydrogen (secondary N) is 1. The van der Waals surface area contributed by atoms with Gasteiger partial charge in [-0.25, -0.2) is 9.78 Å². The number of thiazole rings is 1. The van der Waals surface area contributed by atoms with E-state index >= 15 is 0 Å². The summed E-state index contributed by atoms with van der Waals surface area (Å²) in [5, 5.41) is 11.4. The monoisotopic (exact) mass is 209 g/mol. The van der Waals surface area contributed by atoms with Gasteiger partial charge in [-0.15, -0.1) is 11.3 Å². The molecular weight excluding hydrogens is 202 g/mol. The van der Waals surface area contributed by atoms with Crippen LogP contribution in [0.4, 0.5) is 4.79 Å². The number of fused-ring (bicyclic) bond motifs is 1. The van der Waals surface area contributed by atoms with E-state index in [-0.39, 0.29) is 6.54 Å². The fourth-order valence-electron chi connectivity index (χ4n) is 1.05. The maximum atomic E-state index is 10.2. The van der Waals surface area contributed by atoms with Crippen molar-refractivity contribution >= 4 is 27.6 Å². The second-order valence-electron chi connectivity index (χ2n) is 2.61. The van der Waals surface area contributed by atoms with Crippen molar-refractivity contribution in [2.75, 3.05) is 0 Å². The van der Waals surface area contributed by atoms with Crippen molar-refractivity contribution in [3.8, 4) is 0 Å². The Bertz CT molecular complexity index is 435. The van der Waals surface area contributed by atoms with Gasteiger partial charge in [0.05, 0.1) is 23.0 Å². The van der Waals surface area contributed by atoms with E-state index in [0.29, 0.717) is 0 Å². The number of rotatable bonds is 2. The lowest BCUT2D eigenvalue weighted by molar-refractivity contribution is 0.194. The molecule has 0 aromatic carbocycles. The third kappa shape index (κ3) is 1.80. The molecule has 6 heteroatoms. The molecule has 0 aliphatic rings. The third-order valence-electron chi connectivity index (χ3n) is 1.63. The molecule has 14 heavy (non-hydrogen) atoms. The predicted molar refractivity (Wildman–Crippen MR) is 52.3 cm³/mol. The van der Waals surface area contributed by atoms with Gasteiger partial charge in [0.15, 0.2) is 0 Å². The van der Waals surface area contributed by atoms with Gasteiger partial charge in [0.25, 0.3) is 0 Å². The summed E-state index contributed by atoms with van der Waals surface area (Å²) in [5.74, 6) is 0. The van der Waals surface area contributed by atoms with Crippen LogP contribution in [0.1, 0.15) is 5.01 Å². The number of hydrogen-bond acceptors (Lipinski definition) is 4. The number of carboxylic acid groups (broad SMARTS) is 1. The van der Waals surface area contributed by atoms with Crippen molar-refractivity contribution < 1.29 is 9.90 Å². The average molecular weight is 209 g/mol. The molecule has 0 unspecified atom stereocenters. The topological polar surface area (TPSA) is 75.1 Å². The van der Waals surface area contributed by atoms with Crippen molar-refractivity contribution in [2.24, 2.45) is 0 Å². The van der Waals surface area contributed by atoms with Gasteiger partial charge in [0.2, 0.25) is 0 Å². The molecule has 2 aromatic rings. The number of amides is 1. The Morgan fingerprint density at radius 2 is 2.50 bits per heavy atom. The molecule has 0 saturated heterocycles. The zero-order valence-electron chi connectivity index (χ0n) is 7.10. The van der Waals surface area contributed by atoms with Gasteiger partial charge in [0, 0.05) is 6.20 Å². The van der Waals surface area contributed by atoms with Crippen LogP contribution in [0.25, 0.3) is 10.2 Å². The highest BCUT2D eigenvalue weighted by Gasteiger charge is 2.03. The molecule has 0 saturated carbocycles. The highest BCUT2D eigenvalue weighted by atomic mass is 32.1. The summed E-state index contributed by atoms with van der Waals surface area (Å²) < 4.78 is 1.02. The van der Waals surface area contributed by atoms with Crippen LogP contribution in [0.3, 0.4) is 0 Å². The Morgan fingerprint density at radius 3 is 3.21 bits per heavy atom. The Morgan fingerprint density at radius 1 is 1.64 bits per heavy atom. The molecule has 0 atom stereocenters. The zero-order valence-corrected chi connectivity index (χ0v) is 7.91. The van der Waals surface area contributed by atoms with Crippen molar-refractivity contribution in [1.29, 1.82) is 0 Å². The minimum Gasteiger partial charge on any atom is -0.465 e. The van der Waals surface area contributed by atoms with Crippen molar-refractivity contribution in [2.45, 2.75) is 6.54 Å². The molecule has 0 spiro atoms. The highest BCUT2D eigenvalue weighted by Crippen LogP contribution is 2.20. The van der Waals surface area contributed by atoms with Crippen LogP contribution in [0.15, 0.2) is 18.5 Å². The Labute approximate surface area is 83.4 Å². The van der Waals surface area contributed by atoms with Crippen LogP contribution in [-0.2, 0) is 6.54 Å². The van der Waals surface area contributed by atoms with Crippen LogP contribution in [0.2, 0.25) is 0 Å². The van der Waals surface area contributed by atoms with Crippen molar-refractivity contribution in [3.05, 3.63) is 23.5 Å². The number of aromatic nitrogens is 2. The Hall–Kier alpha value is -1.69. The van der Waals surface area contributed by atoms with E-state index in [9.17, 15) is 4.79 Å². The van der Waals surface area contributed by atoms with Gasteiger partial charge in [-0.05, 0) is 6.07 Å². The number of hydrogen-bond donors (Lipinski definition) is 2. The Balaban J connectivity index is 2.22. The van der Waals surface area contributed by atoms with Gasteiger partial charge in [-0.3, -0.25) is 4.98 Å². The number of carbonyl (C=O) groups is 1. The molecule has 2 aromatic heterocycles. The number of nitrogens with zero attached hydrogens (tertiary/aromatic N) is 2. The van der Waals surface area contributed by atoms with E-state index in [1.807, 2.05) is 6.07 Å². The van der Waals surface area contributed by atoms with E-state index in [2.05, 4.69) is 15.3 Å². The summed E-state index contributed by atoms with van der Waals surface area (Å²) in [6.07, 6.45) is 2.31. The maximum Gasteiger partial charge on any atom is 0.405 e. The fourth-order valence-corrected chi connectivity index (χ4v) is 1.93. The van der Waals surface area contributed by atoms with Crippen LogP contribution in [0, 0.1) is 0 Å². The van der Waals surface area contributed by atoms with Gasteiger partial charge in [0.1, 0.15) is 5.01 Å². The molecule has 2 N–H and O–H groups in total. The van der Waals surface area contributed by atoms with Gasteiger partial charge in [-0.2, -0.15) is 0 Å². The molecule has 2 rings (SSSR count). The number of pyridine rings is 1. The lowest BCUT2D eigenvalue weighted by Crippen LogP contribution is -2.19. The molecule has 0 radical (unpaired) electrons. The largest absolute Gasteiger partial charge is 0.465 e. The first-order valence-corrected chi connectivity index (χ1v) is 4.73. The van der Waals surface area contributed by atoms with E-state index < -0.39 is 6.09 Å². The molecule has 72 valence electrons. The second kappa shape index (κ2) is 3.59. The van der Waals surface area contributed by atoms with Crippen molar-refractivity contribution in [1.82, 2.24) is 15.3 Å². The molecule has 5 nitrogen and oxygen atoms in total. The standard InChI is InChI=1S/C8H7N3O2S/c12-8(13)10-4-7-11-5-3-9-2-1-6(5)14-7/h1-3,10H,4H2,(H,12,13). The minimum absolute atomic E-state index is 0.245. The summed E-state index contributed by atoms with van der Waals surface area (Å²) in [7, 11) is 0. The molecule has 0 fully saturated rings. The van der Waals surface area contributed by atoms with Crippen LogP contribution in [0.5, 0.6) is 0 Å². The summed E-state index contributed by atoms with van der Waals surface area (Å²) >= 11 is 1.46. The molecular formula is C8H7N3O2S. The van der Waals surface area contributed by atoms with E-state index in [4.69, 9.17) is 5.11 Å². The van der Waals surface area contributed by atoms with Crippen LogP contribution < -0.4 is 5.32 Å². The smallest absolute Gasteiger partial charge is 0.405 e. The molecule has 1 amide bonds. The van der Waals surface area contributed by atoms with Crippen LogP contribution >= 0.6 is 11.3 Å². The van der Waals surface area contributed by atoms with Gasteiger partial charge in [-0.1, -0.05) is 0 Å². The second-order valence-corrected chi connectivity index (χ2v) is 3.72. The lowest BCUT2D eigenvalue weighted by atomic mass is 10.4. The van der Waals surface area contributed by atoms with Gasteiger partial charge < -0.3 is 10.4 Å². The van der Waals surface area contributed by atoms with E-state index in [1.54, 1.807) is 12.4 Å². The van der Waals surface area contributed by atoms with E-state index in [1.165, 1.54) is 11.3 Å². The highest BCUT2D eigenvalue weighted by molar-refractivity contribution is 7.18. The third-order valence-corrected chi connectivity index (χ3v) is 2.66. The first-order valence-electron chi connectivity index (χ1n) is 3.92. The lowest BCUT2D eigenvalue weighted by Gasteiger charge is -1.93. The minimum atomic E-state index is -1.04. The normalized spacial score (nSPS) is 10.3. The summed E-state index contributed by atoms with van der Waals surface area (Å²) in [6.45, 7) is 0.245. The zero-order chi connectivity index (χ0) is 9.97. The SMILES string of the molecule is O=C(O)NCc1nc2cnccc2s1.